The Balaban J connectivity index is 1.76. The van der Waals surface area contributed by atoms with Gasteiger partial charge in [-0.1, -0.05) is 41.6 Å². The molecule has 2 aromatic heterocycles. The molecule has 4 nitrogen and oxygen atoms in total. The van der Waals surface area contributed by atoms with E-state index in [4.69, 9.17) is 5.73 Å². The fourth-order valence-corrected chi connectivity index (χ4v) is 3.23. The first-order chi connectivity index (χ1) is 10.1. The molecule has 0 fully saturated rings. The second-order valence-corrected chi connectivity index (χ2v) is 6.18. The van der Waals surface area contributed by atoms with Crippen LogP contribution in [0, 0.1) is 13.8 Å². The number of nitrogens with two attached hydrogens (primary N) is 1. The number of hydrogen-bond acceptors (Lipinski definition) is 4. The molecule has 2 heterocycles. The minimum atomic E-state index is -0.00837. The minimum Gasteiger partial charge on any atom is -0.323 e. The van der Waals surface area contributed by atoms with Crippen LogP contribution >= 0.6 is 11.8 Å². The lowest BCUT2D eigenvalue weighted by Gasteiger charge is -2.14. The molecule has 2 N–H and O–H groups in total. The van der Waals surface area contributed by atoms with Crippen molar-refractivity contribution in [1.82, 2.24) is 14.6 Å². The van der Waals surface area contributed by atoms with Crippen LogP contribution in [0.4, 0.5) is 0 Å². The third kappa shape index (κ3) is 2.94. The number of thioether (sulfide) groups is 1. The number of hydrogen-bond donors (Lipinski definition) is 1. The summed E-state index contributed by atoms with van der Waals surface area (Å²) >= 11 is 1.64. The third-order valence-corrected chi connectivity index (χ3v) is 4.57. The van der Waals surface area contributed by atoms with Crippen LogP contribution in [0.2, 0.25) is 0 Å². The number of aryl methyl sites for hydroxylation is 2. The van der Waals surface area contributed by atoms with Crippen LogP contribution in [0.3, 0.4) is 0 Å². The Labute approximate surface area is 128 Å². The first-order valence-electron chi connectivity index (χ1n) is 6.90. The van der Waals surface area contributed by atoms with Gasteiger partial charge in [0.15, 0.2) is 10.8 Å². The van der Waals surface area contributed by atoms with E-state index in [-0.39, 0.29) is 6.04 Å². The lowest BCUT2D eigenvalue weighted by molar-refractivity contribution is 0.815. The van der Waals surface area contributed by atoms with Gasteiger partial charge in [0.1, 0.15) is 0 Å². The lowest BCUT2D eigenvalue weighted by Crippen LogP contribution is -2.14. The second-order valence-electron chi connectivity index (χ2n) is 5.19. The first-order valence-corrected chi connectivity index (χ1v) is 7.89. The fraction of sp³-hybridized carbons (Fsp3) is 0.250. The zero-order valence-electron chi connectivity index (χ0n) is 12.2. The highest BCUT2D eigenvalue weighted by Gasteiger charge is 2.12. The number of rotatable bonds is 4. The van der Waals surface area contributed by atoms with E-state index < -0.39 is 0 Å². The Morgan fingerprint density at radius 2 is 2.05 bits per heavy atom. The predicted molar refractivity (Wildman–Crippen MR) is 86.6 cm³/mol. The third-order valence-electron chi connectivity index (χ3n) is 3.51. The molecular weight excluding hydrogens is 280 g/mol. The summed E-state index contributed by atoms with van der Waals surface area (Å²) in [6.07, 6.45) is 1.97. The van der Waals surface area contributed by atoms with Crippen molar-refractivity contribution in [3.8, 4) is 0 Å². The Morgan fingerprint density at radius 3 is 2.90 bits per heavy atom. The van der Waals surface area contributed by atoms with Crippen LogP contribution in [0.15, 0.2) is 47.8 Å². The topological polar surface area (TPSA) is 56.2 Å². The monoisotopic (exact) mass is 298 g/mol. The van der Waals surface area contributed by atoms with Crippen molar-refractivity contribution >= 4 is 17.4 Å². The van der Waals surface area contributed by atoms with Gasteiger partial charge in [-0.3, -0.25) is 4.40 Å². The van der Waals surface area contributed by atoms with E-state index in [1.165, 1.54) is 16.7 Å². The molecule has 1 unspecified atom stereocenters. The summed E-state index contributed by atoms with van der Waals surface area (Å²) in [7, 11) is 0. The molecule has 108 valence electrons. The van der Waals surface area contributed by atoms with Gasteiger partial charge in [-0.05, 0) is 37.1 Å². The highest BCUT2D eigenvalue weighted by atomic mass is 32.2. The summed E-state index contributed by atoms with van der Waals surface area (Å²) in [5.74, 6) is 0.778. The minimum absolute atomic E-state index is 0.00837. The van der Waals surface area contributed by atoms with E-state index >= 15 is 0 Å². The highest BCUT2D eigenvalue weighted by molar-refractivity contribution is 7.99. The van der Waals surface area contributed by atoms with Crippen LogP contribution in [-0.2, 0) is 0 Å². The summed E-state index contributed by atoms with van der Waals surface area (Å²) < 4.78 is 1.99. The van der Waals surface area contributed by atoms with Gasteiger partial charge in [0.2, 0.25) is 0 Å². The highest BCUT2D eigenvalue weighted by Crippen LogP contribution is 2.25. The van der Waals surface area contributed by atoms with Crippen molar-refractivity contribution in [2.24, 2.45) is 5.73 Å². The van der Waals surface area contributed by atoms with Gasteiger partial charge in [-0.25, -0.2) is 0 Å². The summed E-state index contributed by atoms with van der Waals surface area (Å²) in [6, 6.07) is 12.3. The van der Waals surface area contributed by atoms with Gasteiger partial charge in [-0.15, -0.1) is 10.2 Å². The average Bonchev–Trinajstić information content (AvgIpc) is 2.90. The van der Waals surface area contributed by atoms with Gasteiger partial charge in [0.25, 0.3) is 0 Å². The van der Waals surface area contributed by atoms with Gasteiger partial charge in [-0.2, -0.15) is 0 Å². The van der Waals surface area contributed by atoms with Gasteiger partial charge >= 0.3 is 0 Å². The van der Waals surface area contributed by atoms with Crippen LogP contribution in [-0.4, -0.2) is 20.4 Å². The molecule has 0 radical (unpaired) electrons. The van der Waals surface area contributed by atoms with Crippen LogP contribution in [0.1, 0.15) is 22.7 Å². The number of benzene rings is 1. The first kappa shape index (κ1) is 14.1. The quantitative estimate of drug-likeness (QED) is 0.752. The zero-order chi connectivity index (χ0) is 14.8. The molecule has 1 aromatic carbocycles. The average molecular weight is 298 g/mol. The number of nitrogens with zero attached hydrogens (tertiary/aromatic N) is 3. The predicted octanol–water partition coefficient (Wildman–Crippen LogP) is 3.14. The molecule has 0 saturated carbocycles. The van der Waals surface area contributed by atoms with Crippen LogP contribution in [0.25, 0.3) is 5.65 Å². The smallest absolute Gasteiger partial charge is 0.195 e. The summed E-state index contributed by atoms with van der Waals surface area (Å²) in [6.45, 7) is 4.20. The maximum absolute atomic E-state index is 6.35. The van der Waals surface area contributed by atoms with E-state index in [0.29, 0.717) is 0 Å². The molecule has 0 spiro atoms. The van der Waals surface area contributed by atoms with E-state index in [2.05, 4.69) is 42.2 Å². The van der Waals surface area contributed by atoms with Crippen molar-refractivity contribution in [2.75, 3.05) is 5.75 Å². The molecule has 0 saturated heterocycles. The zero-order valence-corrected chi connectivity index (χ0v) is 13.0. The number of aromatic nitrogens is 3. The van der Waals surface area contributed by atoms with Gasteiger partial charge < -0.3 is 5.73 Å². The van der Waals surface area contributed by atoms with E-state index in [1.807, 2.05) is 28.8 Å². The Kier molecular flexibility index (Phi) is 3.94. The fourth-order valence-electron chi connectivity index (χ4n) is 2.33. The van der Waals surface area contributed by atoms with E-state index in [0.717, 1.165) is 16.6 Å². The summed E-state index contributed by atoms with van der Waals surface area (Å²) in [5, 5.41) is 9.25. The SMILES string of the molecule is Cc1ccc(C)c(C(N)CSc2nnc3ccccn23)c1. The molecule has 0 amide bonds. The Bertz CT molecular complexity index is 766. The van der Waals surface area contributed by atoms with Gasteiger partial charge in [0.05, 0.1) is 0 Å². The van der Waals surface area contributed by atoms with Crippen LogP contribution < -0.4 is 5.73 Å². The second kappa shape index (κ2) is 5.87. The molecule has 0 aliphatic rings. The van der Waals surface area contributed by atoms with Crippen LogP contribution in [0.5, 0.6) is 0 Å². The number of fused-ring (bicyclic) bond motifs is 1. The Hall–Kier alpha value is -1.85. The molecule has 1 atom stereocenters. The maximum Gasteiger partial charge on any atom is 0.195 e. The van der Waals surface area contributed by atoms with E-state index in [9.17, 15) is 0 Å². The largest absolute Gasteiger partial charge is 0.323 e. The maximum atomic E-state index is 6.35. The molecule has 3 rings (SSSR count). The molecule has 0 bridgehead atoms. The normalized spacial score (nSPS) is 12.7. The van der Waals surface area contributed by atoms with Crippen molar-refractivity contribution in [2.45, 2.75) is 25.0 Å². The van der Waals surface area contributed by atoms with Crippen molar-refractivity contribution < 1.29 is 0 Å². The lowest BCUT2D eigenvalue weighted by atomic mass is 10.0. The van der Waals surface area contributed by atoms with Crippen molar-refractivity contribution in [1.29, 1.82) is 0 Å². The molecule has 0 aliphatic carbocycles. The van der Waals surface area contributed by atoms with Gasteiger partial charge in [0, 0.05) is 18.0 Å². The number of pyridine rings is 1. The Morgan fingerprint density at radius 1 is 1.19 bits per heavy atom. The molecule has 5 heteroatoms. The standard InChI is InChI=1S/C16H18N4S/c1-11-6-7-12(2)13(9-11)14(17)10-21-16-19-18-15-5-3-4-8-20(15)16/h3-9,14H,10,17H2,1-2H3. The molecule has 3 aromatic rings. The van der Waals surface area contributed by atoms with E-state index in [1.54, 1.807) is 11.8 Å². The molecule has 0 aliphatic heterocycles. The molecular formula is C16H18N4S. The summed E-state index contributed by atoms with van der Waals surface area (Å²) in [4.78, 5) is 0. The summed E-state index contributed by atoms with van der Waals surface area (Å²) in [5.41, 5.74) is 10.9. The molecule has 21 heavy (non-hydrogen) atoms. The van der Waals surface area contributed by atoms with Crippen molar-refractivity contribution in [3.05, 3.63) is 59.3 Å². The van der Waals surface area contributed by atoms with Crippen molar-refractivity contribution in [3.63, 3.8) is 0 Å².